The van der Waals surface area contributed by atoms with Crippen LogP contribution in [0.3, 0.4) is 0 Å². The predicted molar refractivity (Wildman–Crippen MR) is 136 cm³/mol. The first-order valence-corrected chi connectivity index (χ1v) is 11.6. The number of hydrogen-bond donors (Lipinski definition) is 1. The van der Waals surface area contributed by atoms with Crippen molar-refractivity contribution in [1.29, 1.82) is 0 Å². The number of Topliss-reactive ketones (excluding diaryl/α,β-unsaturated/α-hetero) is 1. The number of aryl methyl sites for hydroxylation is 1. The molecule has 36 heavy (non-hydrogen) atoms. The third-order valence-corrected chi connectivity index (χ3v) is 6.39. The summed E-state index contributed by atoms with van der Waals surface area (Å²) in [6, 6.07) is 15.0. The maximum atomic E-state index is 14.1. The first kappa shape index (κ1) is 25.0. The molecule has 7 heteroatoms. The summed E-state index contributed by atoms with van der Waals surface area (Å²) in [5, 5.41) is 11.6. The van der Waals surface area contributed by atoms with Crippen LogP contribution in [0.2, 0.25) is 0 Å². The molecule has 1 heterocycles. The number of ether oxygens (including phenoxy) is 2. The van der Waals surface area contributed by atoms with Crippen LogP contribution in [-0.2, 0) is 9.59 Å². The highest BCUT2D eigenvalue weighted by molar-refractivity contribution is 6.51. The van der Waals surface area contributed by atoms with E-state index in [1.807, 2.05) is 13.8 Å². The molecular weight excluding hydrogens is 461 g/mol. The lowest BCUT2D eigenvalue weighted by atomic mass is 9.91. The molecule has 186 valence electrons. The molecule has 1 amide bonds. The van der Waals surface area contributed by atoms with Crippen LogP contribution in [0.5, 0.6) is 11.5 Å². The molecule has 1 unspecified atom stereocenters. The smallest absolute Gasteiger partial charge is 0.300 e. The van der Waals surface area contributed by atoms with Crippen LogP contribution >= 0.6 is 0 Å². The molecule has 3 aromatic carbocycles. The topological polar surface area (TPSA) is 76.1 Å². The fraction of sp³-hybridized carbons (Fsp3) is 0.241. The minimum Gasteiger partial charge on any atom is -0.507 e. The van der Waals surface area contributed by atoms with Crippen molar-refractivity contribution in [1.82, 2.24) is 0 Å². The first-order chi connectivity index (χ1) is 17.2. The number of nitrogens with zero attached hydrogens (tertiary/aromatic N) is 1. The molecule has 4 rings (SSSR count). The van der Waals surface area contributed by atoms with E-state index in [9.17, 15) is 19.1 Å². The average Bonchev–Trinajstić information content (AvgIpc) is 3.13. The predicted octanol–water partition coefficient (Wildman–Crippen LogP) is 5.90. The Hall–Kier alpha value is -4.13. The number of aliphatic hydroxyl groups is 1. The van der Waals surface area contributed by atoms with Gasteiger partial charge in [-0.25, -0.2) is 4.39 Å². The van der Waals surface area contributed by atoms with Gasteiger partial charge in [0.05, 0.1) is 25.8 Å². The van der Waals surface area contributed by atoms with Gasteiger partial charge in [0.15, 0.2) is 0 Å². The van der Waals surface area contributed by atoms with E-state index < -0.39 is 23.5 Å². The Balaban J connectivity index is 2.00. The zero-order chi connectivity index (χ0) is 26.1. The lowest BCUT2D eigenvalue weighted by Gasteiger charge is -2.26. The van der Waals surface area contributed by atoms with Crippen molar-refractivity contribution < 1.29 is 28.6 Å². The number of carbonyl (C=O) groups is 2. The SMILES string of the molecule is COc1cccc(C2/C(=C(\O)c3cc(C(C)C)c(OC)cc3C)C(=O)C(=O)N2c2cccc(F)c2)c1. The summed E-state index contributed by atoms with van der Waals surface area (Å²) < 4.78 is 25.0. The number of amides is 1. The molecule has 1 aliphatic heterocycles. The number of benzene rings is 3. The Kier molecular flexibility index (Phi) is 6.84. The van der Waals surface area contributed by atoms with Crippen molar-refractivity contribution in [2.75, 3.05) is 19.1 Å². The van der Waals surface area contributed by atoms with Crippen LogP contribution in [0.25, 0.3) is 5.76 Å². The zero-order valence-electron chi connectivity index (χ0n) is 20.8. The summed E-state index contributed by atoms with van der Waals surface area (Å²) >= 11 is 0. The third-order valence-electron chi connectivity index (χ3n) is 6.39. The Morgan fingerprint density at radius 2 is 1.72 bits per heavy atom. The van der Waals surface area contributed by atoms with Gasteiger partial charge in [-0.3, -0.25) is 14.5 Å². The number of hydrogen-bond acceptors (Lipinski definition) is 5. The zero-order valence-corrected chi connectivity index (χ0v) is 20.8. The molecule has 1 atom stereocenters. The fourth-order valence-corrected chi connectivity index (χ4v) is 4.58. The van der Waals surface area contributed by atoms with Crippen molar-refractivity contribution >= 4 is 23.1 Å². The van der Waals surface area contributed by atoms with Gasteiger partial charge in [0.2, 0.25) is 0 Å². The molecule has 1 fully saturated rings. The van der Waals surface area contributed by atoms with Crippen LogP contribution in [0.4, 0.5) is 10.1 Å². The van der Waals surface area contributed by atoms with E-state index in [-0.39, 0.29) is 22.9 Å². The third kappa shape index (κ3) is 4.33. The standard InChI is InChI=1S/C29H28FNO5/c1-16(2)22-15-23(17(3)12-24(22)36-5)27(32)25-26(18-8-6-11-21(13-18)35-4)31(29(34)28(25)33)20-10-7-9-19(30)14-20/h6-16,26,32H,1-5H3/b27-25+. The largest absolute Gasteiger partial charge is 0.507 e. The second kappa shape index (κ2) is 9.85. The number of ketones is 1. The first-order valence-electron chi connectivity index (χ1n) is 11.6. The normalized spacial score (nSPS) is 17.1. The van der Waals surface area contributed by atoms with Crippen molar-refractivity contribution in [3.8, 4) is 11.5 Å². The maximum absolute atomic E-state index is 14.1. The fourth-order valence-electron chi connectivity index (χ4n) is 4.58. The molecule has 1 saturated heterocycles. The lowest BCUT2D eigenvalue weighted by molar-refractivity contribution is -0.132. The maximum Gasteiger partial charge on any atom is 0.300 e. The Morgan fingerprint density at radius 1 is 1.00 bits per heavy atom. The van der Waals surface area contributed by atoms with Gasteiger partial charge < -0.3 is 14.6 Å². The van der Waals surface area contributed by atoms with Crippen molar-refractivity contribution in [2.45, 2.75) is 32.7 Å². The summed E-state index contributed by atoms with van der Waals surface area (Å²) in [5.74, 6) is -1.30. The molecule has 0 aromatic heterocycles. The number of carbonyl (C=O) groups excluding carboxylic acids is 2. The second-order valence-corrected chi connectivity index (χ2v) is 8.99. The molecule has 0 spiro atoms. The van der Waals surface area contributed by atoms with Gasteiger partial charge in [-0.05, 0) is 72.0 Å². The Labute approximate surface area is 209 Å². The molecule has 1 aliphatic rings. The second-order valence-electron chi connectivity index (χ2n) is 8.99. The molecule has 6 nitrogen and oxygen atoms in total. The average molecular weight is 490 g/mol. The summed E-state index contributed by atoms with van der Waals surface area (Å²) in [6.45, 7) is 5.79. The number of rotatable bonds is 6. The van der Waals surface area contributed by atoms with E-state index in [1.165, 1.54) is 30.2 Å². The van der Waals surface area contributed by atoms with Gasteiger partial charge in [0, 0.05) is 11.3 Å². The van der Waals surface area contributed by atoms with Crippen molar-refractivity contribution in [2.24, 2.45) is 0 Å². The van der Waals surface area contributed by atoms with Crippen LogP contribution in [0.1, 0.15) is 48.1 Å². The van der Waals surface area contributed by atoms with Gasteiger partial charge in [-0.15, -0.1) is 0 Å². The van der Waals surface area contributed by atoms with E-state index in [4.69, 9.17) is 9.47 Å². The molecule has 3 aromatic rings. The highest BCUT2D eigenvalue weighted by atomic mass is 19.1. The number of halogens is 1. The van der Waals surface area contributed by atoms with Gasteiger partial charge in [-0.1, -0.05) is 32.0 Å². The highest BCUT2D eigenvalue weighted by Gasteiger charge is 2.47. The summed E-state index contributed by atoms with van der Waals surface area (Å²) in [5.41, 5.74) is 2.61. The number of methoxy groups -OCH3 is 2. The molecule has 0 bridgehead atoms. The van der Waals surface area contributed by atoms with Crippen LogP contribution < -0.4 is 14.4 Å². The summed E-state index contributed by atoms with van der Waals surface area (Å²) in [7, 11) is 3.09. The minimum atomic E-state index is -0.995. The summed E-state index contributed by atoms with van der Waals surface area (Å²) in [6.07, 6.45) is 0. The Morgan fingerprint density at radius 3 is 2.36 bits per heavy atom. The van der Waals surface area contributed by atoms with Crippen LogP contribution in [0.15, 0.2) is 66.2 Å². The van der Waals surface area contributed by atoms with E-state index in [0.29, 0.717) is 28.2 Å². The van der Waals surface area contributed by atoms with Gasteiger partial charge in [0.25, 0.3) is 11.7 Å². The minimum absolute atomic E-state index is 0.0796. The van der Waals surface area contributed by atoms with Gasteiger partial charge in [-0.2, -0.15) is 0 Å². The van der Waals surface area contributed by atoms with Crippen LogP contribution in [0, 0.1) is 12.7 Å². The van der Waals surface area contributed by atoms with E-state index in [0.717, 1.165) is 5.56 Å². The highest BCUT2D eigenvalue weighted by Crippen LogP contribution is 2.44. The molecule has 0 saturated carbocycles. The molecule has 1 N–H and O–H groups in total. The van der Waals surface area contributed by atoms with Gasteiger partial charge >= 0.3 is 0 Å². The van der Waals surface area contributed by atoms with Crippen molar-refractivity contribution in [3.05, 3.63) is 94.3 Å². The molecule has 0 aliphatic carbocycles. The van der Waals surface area contributed by atoms with E-state index in [2.05, 4.69) is 0 Å². The van der Waals surface area contributed by atoms with E-state index in [1.54, 1.807) is 56.5 Å². The Bertz CT molecular complexity index is 1380. The quantitative estimate of drug-likeness (QED) is 0.265. The summed E-state index contributed by atoms with van der Waals surface area (Å²) in [4.78, 5) is 28.0. The van der Waals surface area contributed by atoms with E-state index >= 15 is 0 Å². The number of aliphatic hydroxyl groups excluding tert-OH is 1. The van der Waals surface area contributed by atoms with Crippen molar-refractivity contribution in [3.63, 3.8) is 0 Å². The monoisotopic (exact) mass is 489 g/mol. The molecule has 0 radical (unpaired) electrons. The lowest BCUT2D eigenvalue weighted by Crippen LogP contribution is -2.29. The van der Waals surface area contributed by atoms with Gasteiger partial charge in [0.1, 0.15) is 23.1 Å². The molecular formula is C29H28FNO5. The number of anilines is 1. The van der Waals surface area contributed by atoms with Crippen LogP contribution in [-0.4, -0.2) is 31.0 Å².